The molecule has 0 aromatic carbocycles. The number of carbonyl (C=O) groups is 1. The van der Waals surface area contributed by atoms with Crippen LogP contribution in [-0.4, -0.2) is 21.2 Å². The van der Waals surface area contributed by atoms with Crippen LogP contribution in [0.1, 0.15) is 49.6 Å². The summed E-state index contributed by atoms with van der Waals surface area (Å²) >= 11 is 0. The zero-order valence-corrected chi connectivity index (χ0v) is 12.5. The highest BCUT2D eigenvalue weighted by molar-refractivity contribution is 7.89. The van der Waals surface area contributed by atoms with Gasteiger partial charge in [0.1, 0.15) is 0 Å². The van der Waals surface area contributed by atoms with Crippen LogP contribution in [0.2, 0.25) is 0 Å². The quantitative estimate of drug-likeness (QED) is 0.819. The van der Waals surface area contributed by atoms with E-state index in [0.29, 0.717) is 18.7 Å². The molecule has 1 fully saturated rings. The summed E-state index contributed by atoms with van der Waals surface area (Å²) in [6.07, 6.45) is 6.22. The number of rotatable bonds is 6. The molecule has 0 spiro atoms. The summed E-state index contributed by atoms with van der Waals surface area (Å²) < 4.78 is 31.4. The molecule has 1 saturated carbocycles. The van der Waals surface area contributed by atoms with E-state index in [0.717, 1.165) is 12.3 Å². The number of nitrogens with one attached hydrogen (secondary N) is 1. The van der Waals surface area contributed by atoms with Crippen LogP contribution in [0.25, 0.3) is 0 Å². The minimum atomic E-state index is -3.64. The third-order valence-electron chi connectivity index (χ3n) is 3.87. The summed E-state index contributed by atoms with van der Waals surface area (Å²) in [6, 6.07) is 2.65. The van der Waals surface area contributed by atoms with Gasteiger partial charge in [-0.15, -0.1) is 0 Å². The number of sulfonamides is 1. The topological polar surface area (TPSA) is 76.4 Å². The first kappa shape index (κ1) is 15.3. The van der Waals surface area contributed by atoms with Crippen molar-refractivity contribution in [2.45, 2.75) is 44.1 Å². The summed E-state index contributed by atoms with van der Waals surface area (Å²) in [6.45, 7) is 2.66. The Bertz CT molecular complexity index is 549. The van der Waals surface area contributed by atoms with E-state index in [-0.39, 0.29) is 10.9 Å². The fourth-order valence-electron chi connectivity index (χ4n) is 2.83. The van der Waals surface area contributed by atoms with Crippen LogP contribution in [0.3, 0.4) is 0 Å². The van der Waals surface area contributed by atoms with E-state index in [1.807, 2.05) is 0 Å². The van der Waals surface area contributed by atoms with Gasteiger partial charge in [0.2, 0.25) is 5.09 Å². The van der Waals surface area contributed by atoms with E-state index in [2.05, 4.69) is 11.6 Å². The van der Waals surface area contributed by atoms with Gasteiger partial charge in [-0.25, -0.2) is 13.1 Å². The summed E-state index contributed by atoms with van der Waals surface area (Å²) in [7, 11) is -3.64. The Labute approximate surface area is 119 Å². The molecule has 2 atom stereocenters. The minimum Gasteiger partial charge on any atom is -0.440 e. The molecule has 0 aliphatic heterocycles. The Morgan fingerprint density at radius 1 is 1.40 bits per heavy atom. The van der Waals surface area contributed by atoms with Gasteiger partial charge in [-0.3, -0.25) is 4.79 Å². The van der Waals surface area contributed by atoms with Crippen molar-refractivity contribution in [1.82, 2.24) is 4.72 Å². The summed E-state index contributed by atoms with van der Waals surface area (Å²) in [4.78, 5) is 10.5. The third kappa shape index (κ3) is 3.93. The van der Waals surface area contributed by atoms with Crippen LogP contribution in [0, 0.1) is 11.8 Å². The lowest BCUT2D eigenvalue weighted by molar-refractivity contribution is 0.109. The van der Waals surface area contributed by atoms with E-state index >= 15 is 0 Å². The van der Waals surface area contributed by atoms with Gasteiger partial charge < -0.3 is 4.42 Å². The lowest BCUT2D eigenvalue weighted by Gasteiger charge is -2.26. The molecule has 5 nitrogen and oxygen atoms in total. The average molecular weight is 299 g/mol. The van der Waals surface area contributed by atoms with Crippen molar-refractivity contribution < 1.29 is 17.6 Å². The number of aldehydes is 1. The van der Waals surface area contributed by atoms with Crippen LogP contribution >= 0.6 is 0 Å². The van der Waals surface area contributed by atoms with Crippen molar-refractivity contribution >= 4 is 16.3 Å². The SMILES string of the molecule is CC1CCCC(CCNS(=O)(=O)c2ccc(C=O)o2)C1. The molecular formula is C14H21NO4S. The van der Waals surface area contributed by atoms with Gasteiger partial charge in [-0.2, -0.15) is 0 Å². The second-order valence-corrected chi connectivity index (χ2v) is 7.30. The molecule has 0 saturated heterocycles. The van der Waals surface area contributed by atoms with Crippen LogP contribution in [0.5, 0.6) is 0 Å². The molecule has 20 heavy (non-hydrogen) atoms. The highest BCUT2D eigenvalue weighted by Crippen LogP contribution is 2.30. The van der Waals surface area contributed by atoms with Crippen LogP contribution in [-0.2, 0) is 10.0 Å². The molecule has 1 aromatic rings. The molecule has 1 aliphatic rings. The van der Waals surface area contributed by atoms with Gasteiger partial charge in [-0.05, 0) is 36.8 Å². The summed E-state index contributed by atoms with van der Waals surface area (Å²) in [5.41, 5.74) is 0. The van der Waals surface area contributed by atoms with Crippen molar-refractivity contribution in [1.29, 1.82) is 0 Å². The van der Waals surface area contributed by atoms with Crippen molar-refractivity contribution in [3.63, 3.8) is 0 Å². The first-order valence-electron chi connectivity index (χ1n) is 7.06. The molecule has 0 amide bonds. The minimum absolute atomic E-state index is 0.0199. The van der Waals surface area contributed by atoms with E-state index in [9.17, 15) is 13.2 Å². The lowest BCUT2D eigenvalue weighted by Crippen LogP contribution is -2.27. The van der Waals surface area contributed by atoms with Gasteiger partial charge >= 0.3 is 0 Å². The van der Waals surface area contributed by atoms with Gasteiger partial charge in [-0.1, -0.05) is 26.2 Å². The van der Waals surface area contributed by atoms with Crippen LogP contribution in [0.4, 0.5) is 0 Å². The maximum atomic E-state index is 11.9. The van der Waals surface area contributed by atoms with E-state index in [1.54, 1.807) is 0 Å². The van der Waals surface area contributed by atoms with Gasteiger partial charge in [0.15, 0.2) is 12.0 Å². The van der Waals surface area contributed by atoms with Crippen LogP contribution < -0.4 is 4.72 Å². The average Bonchev–Trinajstić information content (AvgIpc) is 2.88. The van der Waals surface area contributed by atoms with Crippen molar-refractivity contribution in [2.24, 2.45) is 11.8 Å². The van der Waals surface area contributed by atoms with Gasteiger partial charge in [0.05, 0.1) is 0 Å². The van der Waals surface area contributed by atoms with Crippen molar-refractivity contribution in [2.75, 3.05) is 6.54 Å². The fraction of sp³-hybridized carbons (Fsp3) is 0.643. The maximum Gasteiger partial charge on any atom is 0.273 e. The Hall–Kier alpha value is -1.14. The molecule has 1 heterocycles. The first-order valence-corrected chi connectivity index (χ1v) is 8.54. The standard InChI is InChI=1S/C14H21NO4S/c1-11-3-2-4-12(9-11)7-8-15-20(17,18)14-6-5-13(10-16)19-14/h5-6,10-12,15H,2-4,7-9H2,1H3. The van der Waals surface area contributed by atoms with Crippen molar-refractivity contribution in [3.05, 3.63) is 17.9 Å². The zero-order chi connectivity index (χ0) is 14.6. The number of hydrogen-bond donors (Lipinski definition) is 1. The third-order valence-corrected chi connectivity index (χ3v) is 5.21. The van der Waals surface area contributed by atoms with E-state index < -0.39 is 10.0 Å². The predicted molar refractivity (Wildman–Crippen MR) is 75.0 cm³/mol. The number of carbonyl (C=O) groups excluding carboxylic acids is 1. The number of hydrogen-bond acceptors (Lipinski definition) is 4. The number of furan rings is 1. The van der Waals surface area contributed by atoms with E-state index in [1.165, 1.54) is 37.8 Å². The summed E-state index contributed by atoms with van der Waals surface area (Å²) in [5, 5.41) is -0.198. The fourth-order valence-corrected chi connectivity index (χ4v) is 3.81. The molecule has 0 bridgehead atoms. The van der Waals surface area contributed by atoms with Gasteiger partial charge in [0.25, 0.3) is 10.0 Å². The molecule has 2 rings (SSSR count). The Morgan fingerprint density at radius 2 is 2.20 bits per heavy atom. The smallest absolute Gasteiger partial charge is 0.273 e. The predicted octanol–water partition coefficient (Wildman–Crippen LogP) is 2.59. The highest BCUT2D eigenvalue weighted by atomic mass is 32.2. The van der Waals surface area contributed by atoms with Crippen molar-refractivity contribution in [3.8, 4) is 0 Å². The Balaban J connectivity index is 1.84. The molecule has 112 valence electrons. The molecule has 1 aliphatic carbocycles. The molecule has 1 N–H and O–H groups in total. The normalized spacial score (nSPS) is 23.6. The lowest BCUT2D eigenvalue weighted by atomic mass is 9.81. The zero-order valence-electron chi connectivity index (χ0n) is 11.7. The molecular weight excluding hydrogens is 278 g/mol. The monoisotopic (exact) mass is 299 g/mol. The maximum absolute atomic E-state index is 11.9. The molecule has 6 heteroatoms. The summed E-state index contributed by atoms with van der Waals surface area (Å²) in [5.74, 6) is 1.36. The first-order chi connectivity index (χ1) is 9.51. The largest absolute Gasteiger partial charge is 0.440 e. The second kappa shape index (κ2) is 6.54. The van der Waals surface area contributed by atoms with Crippen LogP contribution in [0.15, 0.2) is 21.6 Å². The second-order valence-electron chi connectivity index (χ2n) is 5.60. The molecule has 1 aromatic heterocycles. The molecule has 0 radical (unpaired) electrons. The van der Waals surface area contributed by atoms with Gasteiger partial charge in [0, 0.05) is 6.54 Å². The molecule has 2 unspecified atom stereocenters. The van der Waals surface area contributed by atoms with E-state index in [4.69, 9.17) is 4.42 Å². The Morgan fingerprint density at radius 3 is 2.85 bits per heavy atom. The highest BCUT2D eigenvalue weighted by Gasteiger charge is 2.21. The Kier molecular flexibility index (Phi) is 4.99.